The monoisotopic (exact) mass is 1360 g/mol. The molecular formula is C68H115N11O15S. The third-order valence-electron chi connectivity index (χ3n) is 17.3. The molecule has 27 heteroatoms. The first-order chi connectivity index (χ1) is 43.9. The zero-order chi connectivity index (χ0) is 73.0. The number of likely N-dealkylation sites (N-methyl/N-ethyl adjacent to an activating group) is 6. The lowest BCUT2D eigenvalue weighted by Gasteiger charge is -2.40. The fraction of sp³-hybridized carbons (Fsp3) is 0.721. The Morgan fingerprint density at radius 1 is 0.495 bits per heavy atom. The number of carbonyl (C=O) groups excluding carboxylic acids is 11. The molecule has 1 aromatic carbocycles. The summed E-state index contributed by atoms with van der Waals surface area (Å²) in [5.74, 6) is -12.7. The maximum Gasteiger partial charge on any atom is 0.248 e. The minimum Gasteiger partial charge on any atom is -0.391 e. The zero-order valence-electron chi connectivity index (χ0n) is 60.5. The van der Waals surface area contributed by atoms with Gasteiger partial charge in [-0.05, 0) is 120 Å². The summed E-state index contributed by atoms with van der Waals surface area (Å²) in [6.07, 6.45) is 0.403. The van der Waals surface area contributed by atoms with Crippen LogP contribution in [0, 0.1) is 41.4 Å². The number of benzene rings is 1. The molecule has 1 heterocycles. The van der Waals surface area contributed by atoms with Gasteiger partial charge < -0.3 is 66.2 Å². The Morgan fingerprint density at radius 3 is 1.39 bits per heavy atom. The highest BCUT2D eigenvalue weighted by Crippen LogP contribution is 2.25. The first-order valence-electron chi connectivity index (χ1n) is 33.3. The van der Waals surface area contributed by atoms with Crippen LogP contribution < -0.4 is 26.6 Å². The van der Waals surface area contributed by atoms with E-state index in [1.165, 1.54) is 80.1 Å². The van der Waals surface area contributed by atoms with Gasteiger partial charge in [-0.15, -0.1) is 0 Å². The van der Waals surface area contributed by atoms with E-state index in [2.05, 4.69) is 26.6 Å². The van der Waals surface area contributed by atoms with Crippen LogP contribution in [0.2, 0.25) is 0 Å². The lowest BCUT2D eigenvalue weighted by Crippen LogP contribution is -2.64. The molecule has 1 unspecified atom stereocenters. The topological polar surface area (TPSA) is 342 Å². The molecule has 0 bridgehead atoms. The third-order valence-corrected chi connectivity index (χ3v) is 19.3. The van der Waals surface area contributed by atoms with Crippen molar-refractivity contribution in [2.75, 3.05) is 54.6 Å². The molecule has 0 radical (unpaired) electrons. The summed E-state index contributed by atoms with van der Waals surface area (Å²) in [7, 11) is 3.93. The van der Waals surface area contributed by atoms with Gasteiger partial charge in [0, 0.05) is 42.3 Å². The third kappa shape index (κ3) is 24.6. The lowest BCUT2D eigenvalue weighted by atomic mass is 9.91. The van der Waals surface area contributed by atoms with Gasteiger partial charge in [0.1, 0.15) is 60.4 Å². The molecule has 14 atom stereocenters. The van der Waals surface area contributed by atoms with Crippen LogP contribution in [0.1, 0.15) is 149 Å². The number of hydrogen-bond acceptors (Lipinski definition) is 15. The molecule has 26 nitrogen and oxygen atoms in total. The predicted octanol–water partition coefficient (Wildman–Crippen LogP) is 2.74. The first kappa shape index (κ1) is 84.1. The number of allylic oxidation sites excluding steroid dienone is 2. The van der Waals surface area contributed by atoms with E-state index in [-0.39, 0.29) is 67.1 Å². The lowest BCUT2D eigenvalue weighted by molar-refractivity contribution is -0.155. The number of nitrogens with zero attached hydrogens (tertiary/aromatic N) is 6. The second kappa shape index (κ2) is 38.1. The Bertz CT molecular complexity index is 2930. The highest BCUT2D eigenvalue weighted by molar-refractivity contribution is 7.91. The van der Waals surface area contributed by atoms with Crippen LogP contribution in [-0.4, -0.2) is 240 Å². The molecule has 7 N–H and O–H groups in total. The van der Waals surface area contributed by atoms with Gasteiger partial charge in [-0.1, -0.05) is 113 Å². The van der Waals surface area contributed by atoms with E-state index in [1.807, 2.05) is 41.5 Å². The van der Waals surface area contributed by atoms with Gasteiger partial charge in [-0.25, -0.2) is 8.42 Å². The van der Waals surface area contributed by atoms with Crippen LogP contribution in [-0.2, 0) is 62.6 Å². The molecule has 1 fully saturated rings. The number of nitrogens with one attached hydrogen (secondary N) is 5. The van der Waals surface area contributed by atoms with Crippen molar-refractivity contribution in [3.63, 3.8) is 0 Å². The van der Waals surface area contributed by atoms with Gasteiger partial charge in [-0.3, -0.25) is 52.7 Å². The van der Waals surface area contributed by atoms with E-state index >= 15 is 14.4 Å². The summed E-state index contributed by atoms with van der Waals surface area (Å²) < 4.78 is 27.6. The Kier molecular flexibility index (Phi) is 33.7. The van der Waals surface area contributed by atoms with Gasteiger partial charge in [0.2, 0.25) is 65.0 Å². The summed E-state index contributed by atoms with van der Waals surface area (Å²) in [5, 5.41) is 36.9. The van der Waals surface area contributed by atoms with Crippen molar-refractivity contribution in [1.82, 2.24) is 56.0 Å². The molecule has 538 valence electrons. The van der Waals surface area contributed by atoms with Gasteiger partial charge in [0.05, 0.1) is 29.4 Å². The predicted molar refractivity (Wildman–Crippen MR) is 363 cm³/mol. The van der Waals surface area contributed by atoms with E-state index in [0.29, 0.717) is 0 Å². The molecule has 1 saturated heterocycles. The summed E-state index contributed by atoms with van der Waals surface area (Å²) in [5.41, 5.74) is 0. The van der Waals surface area contributed by atoms with Gasteiger partial charge in [0.15, 0.2) is 9.84 Å². The summed E-state index contributed by atoms with van der Waals surface area (Å²) in [6, 6.07) is -6.60. The average Bonchev–Trinajstić information content (AvgIpc) is 0.838. The number of hydrogen-bond donors (Lipinski definition) is 7. The average molecular weight is 1360 g/mol. The van der Waals surface area contributed by atoms with Crippen molar-refractivity contribution >= 4 is 74.8 Å². The van der Waals surface area contributed by atoms with E-state index in [4.69, 9.17) is 0 Å². The molecule has 0 saturated carbocycles. The summed E-state index contributed by atoms with van der Waals surface area (Å²) in [6.45, 7) is 26.1. The van der Waals surface area contributed by atoms with Crippen LogP contribution >= 0.6 is 0 Å². The zero-order valence-corrected chi connectivity index (χ0v) is 61.3. The largest absolute Gasteiger partial charge is 0.391 e. The smallest absolute Gasteiger partial charge is 0.248 e. The maximum absolute atomic E-state index is 15.2. The number of carbonyl (C=O) groups is 11. The van der Waals surface area contributed by atoms with E-state index < -0.39 is 177 Å². The Labute approximate surface area is 565 Å². The van der Waals surface area contributed by atoms with E-state index in [9.17, 15) is 57.0 Å². The Balaban J connectivity index is 3.06. The van der Waals surface area contributed by atoms with Crippen molar-refractivity contribution in [1.29, 1.82) is 0 Å². The summed E-state index contributed by atoms with van der Waals surface area (Å²) >= 11 is 0. The normalized spacial score (nSPS) is 26.0. The first-order valence-corrected chi connectivity index (χ1v) is 34.9. The molecular weight excluding hydrogens is 1240 g/mol. The van der Waals surface area contributed by atoms with Crippen molar-refractivity contribution in [2.24, 2.45) is 41.4 Å². The minimum absolute atomic E-state index is 0.0203. The van der Waals surface area contributed by atoms with Gasteiger partial charge in [0.25, 0.3) is 0 Å². The van der Waals surface area contributed by atoms with E-state index in [1.54, 1.807) is 78.8 Å². The number of amides is 11. The van der Waals surface area contributed by atoms with Crippen molar-refractivity contribution < 1.29 is 71.4 Å². The molecule has 95 heavy (non-hydrogen) atoms. The fourth-order valence-corrected chi connectivity index (χ4v) is 13.4. The summed E-state index contributed by atoms with van der Waals surface area (Å²) in [4.78, 5) is 168. The second-order valence-electron chi connectivity index (χ2n) is 28.2. The van der Waals surface area contributed by atoms with Crippen molar-refractivity contribution in [3.05, 3.63) is 42.5 Å². The quantitative estimate of drug-likeness (QED) is 0.0980. The number of rotatable bonds is 19. The van der Waals surface area contributed by atoms with Crippen LogP contribution in [0.15, 0.2) is 47.4 Å². The SMILES string of the molecule is C/C=C/C[C@@H](C)[C@@H](O)[C@H]1C(=O)N[C@@H](C(C)O)C(=O)N(C)CC(=O)N(C)[C@@H](CC(C)C)C(=O)N[C@@H](CC(C)C)C(=O)N(C)[C@@H](CC(C)C)C(=O)N[C@@H](C)C(=O)N[C@H](C)C(=O)N(C)[C@@H](C[C@H](C)CS(=O)(=O)c2ccccc2)C(=O)N[C@@H](CC(C)C)C(=O)N(C)[C@@H](C(C)C)C(=O)N1C. The Morgan fingerprint density at radius 2 is 0.926 bits per heavy atom. The molecule has 0 aliphatic carbocycles. The van der Waals surface area contributed by atoms with Gasteiger partial charge >= 0.3 is 0 Å². The number of sulfone groups is 1. The van der Waals surface area contributed by atoms with Crippen LogP contribution in [0.4, 0.5) is 0 Å². The fourth-order valence-electron chi connectivity index (χ4n) is 11.7. The second-order valence-corrected chi connectivity index (χ2v) is 30.2. The molecule has 11 amide bonds. The van der Waals surface area contributed by atoms with Crippen LogP contribution in [0.25, 0.3) is 0 Å². The molecule has 1 aromatic rings. The van der Waals surface area contributed by atoms with Gasteiger partial charge in [-0.2, -0.15) is 0 Å². The number of aliphatic hydroxyl groups is 2. The van der Waals surface area contributed by atoms with Crippen LogP contribution in [0.5, 0.6) is 0 Å². The Hall–Kier alpha value is -7.00. The molecule has 0 aromatic heterocycles. The van der Waals surface area contributed by atoms with Crippen molar-refractivity contribution in [3.8, 4) is 0 Å². The van der Waals surface area contributed by atoms with Crippen LogP contribution in [0.3, 0.4) is 0 Å². The van der Waals surface area contributed by atoms with E-state index in [0.717, 1.165) is 24.5 Å². The number of aliphatic hydroxyl groups excluding tert-OH is 2. The molecule has 1 aliphatic heterocycles. The minimum atomic E-state index is -3.96. The highest BCUT2D eigenvalue weighted by atomic mass is 32.2. The standard InChI is InChI=1S/C68H115N11O15S/c1-23-24-28-44(13)58(82)57-63(87)73-55(47(16)80)67(91)74(17)36-54(81)75(18)51(33-40(6)7)61(85)71-49(31-38(2)3)65(89)77(20)52(34-41(8)9)60(84)69-45(14)59(83)70-46(15)64(88)76(19)53(35-43(12)37-95(93,94)48-29-26-25-27-30-48)62(86)72-50(32-39(4)5)66(90)78(21)56(42(10)11)68(92)79(57)22/h23-27,29-30,38-47,49-53,55-58,80,82H,28,31-37H2,1-22H3,(H,69,84)(H,70,83)(H,71,85)(H,72,86)(H,73,87)/b24-23+/t43-,44+,45-,46+,47?,49-,50-,51-,52-,53-,55-,56-,57-,58+/m0/s1. The maximum atomic E-state index is 15.2. The molecule has 1 aliphatic rings. The molecule has 0 spiro atoms. The molecule has 2 rings (SSSR count). The van der Waals surface area contributed by atoms with Crippen molar-refractivity contribution in [2.45, 2.75) is 227 Å². The highest BCUT2D eigenvalue weighted by Gasteiger charge is 2.45.